The van der Waals surface area contributed by atoms with Crippen molar-refractivity contribution in [2.24, 2.45) is 0 Å². The molecule has 5 nitrogen and oxygen atoms in total. The molecular formula is C23H26N4OS. The number of amides is 1. The van der Waals surface area contributed by atoms with Gasteiger partial charge in [0, 0.05) is 23.3 Å². The predicted octanol–water partition coefficient (Wildman–Crippen LogP) is 4.82. The lowest BCUT2D eigenvalue weighted by Crippen LogP contribution is -2.48. The molecule has 1 saturated heterocycles. The van der Waals surface area contributed by atoms with Gasteiger partial charge in [0.05, 0.1) is 5.75 Å². The number of aromatic nitrogens is 3. The van der Waals surface area contributed by atoms with Crippen molar-refractivity contribution in [2.75, 3.05) is 5.75 Å². The van der Waals surface area contributed by atoms with E-state index in [2.05, 4.69) is 28.9 Å². The Labute approximate surface area is 176 Å². The van der Waals surface area contributed by atoms with Gasteiger partial charge in [0.15, 0.2) is 11.0 Å². The van der Waals surface area contributed by atoms with Crippen molar-refractivity contribution in [2.45, 2.75) is 50.4 Å². The number of nitrogens with zero attached hydrogens (tertiary/aromatic N) is 4. The summed E-state index contributed by atoms with van der Waals surface area (Å²) < 4.78 is 2.04. The molecule has 1 fully saturated rings. The average Bonchev–Trinajstić information content (AvgIpc) is 3.17. The maximum absolute atomic E-state index is 13.0. The molecule has 0 N–H and O–H groups in total. The molecule has 3 aromatic rings. The zero-order chi connectivity index (χ0) is 20.2. The second-order valence-corrected chi connectivity index (χ2v) is 8.50. The standard InChI is InChI=1S/C23H26N4OS/c1-17-10-9-11-18(2)26(17)21(28)16-29-23-25-24-22(19-12-5-3-6-13-19)27(23)20-14-7-4-8-15-20/h3-8,12-15,17-18H,9-11,16H2,1-2H3/t17-,18+. The number of carbonyl (C=O) groups excluding carboxylic acids is 1. The number of thioether (sulfide) groups is 1. The first kappa shape index (κ1) is 19.7. The molecule has 150 valence electrons. The fraction of sp³-hybridized carbons (Fsp3) is 0.348. The van der Waals surface area contributed by atoms with Gasteiger partial charge in [-0.25, -0.2) is 0 Å². The monoisotopic (exact) mass is 406 g/mol. The van der Waals surface area contributed by atoms with Crippen LogP contribution in [0, 0.1) is 0 Å². The molecule has 29 heavy (non-hydrogen) atoms. The quantitative estimate of drug-likeness (QED) is 0.570. The second-order valence-electron chi connectivity index (χ2n) is 7.56. The van der Waals surface area contributed by atoms with Crippen molar-refractivity contribution in [3.8, 4) is 17.1 Å². The molecule has 2 atom stereocenters. The van der Waals surface area contributed by atoms with Crippen molar-refractivity contribution < 1.29 is 4.79 Å². The molecule has 2 aromatic carbocycles. The van der Waals surface area contributed by atoms with E-state index >= 15 is 0 Å². The van der Waals surface area contributed by atoms with Crippen LogP contribution in [0.25, 0.3) is 17.1 Å². The summed E-state index contributed by atoms with van der Waals surface area (Å²) in [6, 6.07) is 20.7. The third-order valence-corrected chi connectivity index (χ3v) is 6.40. The Hall–Kier alpha value is -2.60. The molecule has 1 aromatic heterocycles. The van der Waals surface area contributed by atoms with Crippen molar-refractivity contribution in [3.05, 3.63) is 60.7 Å². The maximum Gasteiger partial charge on any atom is 0.233 e. The summed E-state index contributed by atoms with van der Waals surface area (Å²) in [7, 11) is 0. The van der Waals surface area contributed by atoms with Crippen molar-refractivity contribution in [1.82, 2.24) is 19.7 Å². The van der Waals surface area contributed by atoms with Gasteiger partial charge in [-0.2, -0.15) is 0 Å². The van der Waals surface area contributed by atoms with Gasteiger partial charge in [-0.1, -0.05) is 60.3 Å². The third-order valence-electron chi connectivity index (χ3n) is 5.49. The second kappa shape index (κ2) is 8.82. The summed E-state index contributed by atoms with van der Waals surface area (Å²) in [5, 5.41) is 9.62. The van der Waals surface area contributed by atoms with Crippen LogP contribution >= 0.6 is 11.8 Å². The van der Waals surface area contributed by atoms with Gasteiger partial charge in [0.25, 0.3) is 0 Å². The van der Waals surface area contributed by atoms with Crippen LogP contribution in [0.2, 0.25) is 0 Å². The van der Waals surface area contributed by atoms with Crippen molar-refractivity contribution >= 4 is 17.7 Å². The Kier molecular flexibility index (Phi) is 6.00. The number of likely N-dealkylation sites (tertiary alicyclic amines) is 1. The first-order valence-corrected chi connectivity index (χ1v) is 11.1. The Morgan fingerprint density at radius 2 is 1.59 bits per heavy atom. The van der Waals surface area contributed by atoms with Gasteiger partial charge in [0.1, 0.15) is 0 Å². The normalized spacial score (nSPS) is 19.3. The molecule has 0 radical (unpaired) electrons. The molecular weight excluding hydrogens is 380 g/mol. The van der Waals surface area contributed by atoms with Gasteiger partial charge in [-0.3, -0.25) is 9.36 Å². The minimum atomic E-state index is 0.179. The fourth-order valence-corrected chi connectivity index (χ4v) is 4.88. The lowest BCUT2D eigenvalue weighted by molar-refractivity contribution is -0.134. The zero-order valence-corrected chi connectivity index (χ0v) is 17.7. The largest absolute Gasteiger partial charge is 0.337 e. The lowest BCUT2D eigenvalue weighted by Gasteiger charge is -2.39. The number of hydrogen-bond donors (Lipinski definition) is 0. The Balaban J connectivity index is 1.61. The summed E-state index contributed by atoms with van der Waals surface area (Å²) >= 11 is 1.46. The summed E-state index contributed by atoms with van der Waals surface area (Å²) in [6.07, 6.45) is 3.36. The van der Waals surface area contributed by atoms with Crippen LogP contribution in [-0.2, 0) is 4.79 Å². The predicted molar refractivity (Wildman–Crippen MR) is 117 cm³/mol. The van der Waals surface area contributed by atoms with Gasteiger partial charge < -0.3 is 4.90 Å². The van der Waals surface area contributed by atoms with E-state index in [0.717, 1.165) is 35.1 Å². The highest BCUT2D eigenvalue weighted by Gasteiger charge is 2.29. The topological polar surface area (TPSA) is 51.0 Å². The molecule has 2 heterocycles. The summed E-state index contributed by atoms with van der Waals surface area (Å²) in [6.45, 7) is 4.30. The Morgan fingerprint density at radius 1 is 0.966 bits per heavy atom. The minimum absolute atomic E-state index is 0.179. The van der Waals surface area contributed by atoms with Crippen LogP contribution in [0.5, 0.6) is 0 Å². The molecule has 1 amide bonds. The van der Waals surface area contributed by atoms with E-state index in [9.17, 15) is 4.79 Å². The van der Waals surface area contributed by atoms with E-state index in [0.29, 0.717) is 17.8 Å². The maximum atomic E-state index is 13.0. The van der Waals surface area contributed by atoms with Crippen molar-refractivity contribution in [3.63, 3.8) is 0 Å². The number of rotatable bonds is 5. The highest BCUT2D eigenvalue weighted by atomic mass is 32.2. The number of para-hydroxylation sites is 1. The van der Waals surface area contributed by atoms with E-state index in [1.807, 2.05) is 65.2 Å². The van der Waals surface area contributed by atoms with Crippen molar-refractivity contribution in [1.29, 1.82) is 0 Å². The first-order chi connectivity index (χ1) is 14.1. The Bertz CT molecular complexity index is 948. The molecule has 0 spiro atoms. The summed E-state index contributed by atoms with van der Waals surface area (Å²) in [4.78, 5) is 15.0. The van der Waals surface area contributed by atoms with Crippen LogP contribution in [0.1, 0.15) is 33.1 Å². The van der Waals surface area contributed by atoms with Crippen LogP contribution in [0.15, 0.2) is 65.8 Å². The Morgan fingerprint density at radius 3 is 2.24 bits per heavy atom. The molecule has 4 rings (SSSR count). The van der Waals surface area contributed by atoms with E-state index in [1.54, 1.807) is 0 Å². The number of carbonyl (C=O) groups is 1. The van der Waals surface area contributed by atoms with Gasteiger partial charge >= 0.3 is 0 Å². The van der Waals surface area contributed by atoms with E-state index in [4.69, 9.17) is 0 Å². The zero-order valence-electron chi connectivity index (χ0n) is 16.9. The van der Waals surface area contributed by atoms with Gasteiger partial charge in [-0.05, 0) is 45.2 Å². The molecule has 1 aliphatic rings. The van der Waals surface area contributed by atoms with E-state index in [-0.39, 0.29) is 5.91 Å². The smallest absolute Gasteiger partial charge is 0.233 e. The number of piperidine rings is 1. The van der Waals surface area contributed by atoms with Crippen LogP contribution < -0.4 is 0 Å². The third kappa shape index (κ3) is 4.22. The molecule has 0 bridgehead atoms. The average molecular weight is 407 g/mol. The van der Waals surface area contributed by atoms with Gasteiger partial charge in [0.2, 0.25) is 5.91 Å². The van der Waals surface area contributed by atoms with Crippen LogP contribution in [-0.4, -0.2) is 43.4 Å². The van der Waals surface area contributed by atoms with Crippen LogP contribution in [0.4, 0.5) is 0 Å². The van der Waals surface area contributed by atoms with E-state index in [1.165, 1.54) is 18.2 Å². The minimum Gasteiger partial charge on any atom is -0.337 e. The lowest BCUT2D eigenvalue weighted by atomic mass is 9.98. The molecule has 0 unspecified atom stereocenters. The summed E-state index contributed by atoms with van der Waals surface area (Å²) in [5.74, 6) is 1.33. The molecule has 1 aliphatic heterocycles. The summed E-state index contributed by atoms with van der Waals surface area (Å²) in [5.41, 5.74) is 1.99. The number of benzene rings is 2. The highest BCUT2D eigenvalue weighted by molar-refractivity contribution is 7.99. The first-order valence-electron chi connectivity index (χ1n) is 10.2. The van der Waals surface area contributed by atoms with Crippen LogP contribution in [0.3, 0.4) is 0 Å². The molecule has 6 heteroatoms. The number of hydrogen-bond acceptors (Lipinski definition) is 4. The van der Waals surface area contributed by atoms with Gasteiger partial charge in [-0.15, -0.1) is 10.2 Å². The highest BCUT2D eigenvalue weighted by Crippen LogP contribution is 2.29. The SMILES string of the molecule is C[C@@H]1CCC[C@H](C)N1C(=O)CSc1nnc(-c2ccccc2)n1-c1ccccc1. The molecule has 0 saturated carbocycles. The fourth-order valence-electron chi connectivity index (χ4n) is 4.06. The van der Waals surface area contributed by atoms with E-state index < -0.39 is 0 Å². The molecule has 0 aliphatic carbocycles.